The van der Waals surface area contributed by atoms with E-state index in [9.17, 15) is 14.4 Å². The molecule has 1 aliphatic heterocycles. The minimum atomic E-state index is -0.762. The Morgan fingerprint density at radius 2 is 1.84 bits per heavy atom. The second kappa shape index (κ2) is 10.4. The van der Waals surface area contributed by atoms with Crippen molar-refractivity contribution in [3.05, 3.63) is 59.2 Å². The number of anilines is 2. The molecule has 7 heteroatoms. The number of rotatable bonds is 6. The SMILES string of the molecule is CO[C@H](CNC(=O)C(=O)Nc1ccc2c(c1)N(C(=O)C(C)C)CCC2)c1ccccc1C. The maximum absolute atomic E-state index is 12.6. The van der Waals surface area contributed by atoms with Gasteiger partial charge in [-0.2, -0.15) is 0 Å². The van der Waals surface area contributed by atoms with Gasteiger partial charge < -0.3 is 20.3 Å². The van der Waals surface area contributed by atoms with Crippen molar-refractivity contribution in [2.75, 3.05) is 30.4 Å². The third-order valence-electron chi connectivity index (χ3n) is 5.70. The Morgan fingerprint density at radius 3 is 2.53 bits per heavy atom. The highest BCUT2D eigenvalue weighted by Gasteiger charge is 2.25. The fourth-order valence-electron chi connectivity index (χ4n) is 3.91. The Hall–Kier alpha value is -3.19. The smallest absolute Gasteiger partial charge is 0.313 e. The Kier molecular flexibility index (Phi) is 7.64. The summed E-state index contributed by atoms with van der Waals surface area (Å²) >= 11 is 0. The summed E-state index contributed by atoms with van der Waals surface area (Å²) in [6, 6.07) is 13.2. The minimum absolute atomic E-state index is 0.0500. The lowest BCUT2D eigenvalue weighted by Crippen LogP contribution is -2.39. The topological polar surface area (TPSA) is 87.7 Å². The molecule has 0 radical (unpaired) electrons. The average Bonchev–Trinajstić information content (AvgIpc) is 2.79. The molecule has 0 fully saturated rings. The zero-order valence-electron chi connectivity index (χ0n) is 19.1. The fourth-order valence-corrected chi connectivity index (χ4v) is 3.91. The van der Waals surface area contributed by atoms with Crippen LogP contribution < -0.4 is 15.5 Å². The number of methoxy groups -OCH3 is 1. The highest BCUT2D eigenvalue weighted by molar-refractivity contribution is 6.39. The normalized spacial score (nSPS) is 14.0. The minimum Gasteiger partial charge on any atom is -0.375 e. The second-order valence-corrected chi connectivity index (χ2v) is 8.34. The summed E-state index contributed by atoms with van der Waals surface area (Å²) < 4.78 is 5.50. The molecule has 2 N–H and O–H groups in total. The van der Waals surface area contributed by atoms with Crippen molar-refractivity contribution in [1.29, 1.82) is 0 Å². The van der Waals surface area contributed by atoms with Gasteiger partial charge in [-0.15, -0.1) is 0 Å². The Labute approximate surface area is 189 Å². The van der Waals surface area contributed by atoms with Crippen LogP contribution in [0.3, 0.4) is 0 Å². The van der Waals surface area contributed by atoms with Crippen molar-refractivity contribution in [3.63, 3.8) is 0 Å². The third kappa shape index (κ3) is 5.34. The van der Waals surface area contributed by atoms with Crippen molar-refractivity contribution in [1.82, 2.24) is 5.32 Å². The third-order valence-corrected chi connectivity index (χ3v) is 5.70. The number of carbonyl (C=O) groups is 3. The van der Waals surface area contributed by atoms with Crippen molar-refractivity contribution in [2.45, 2.75) is 39.7 Å². The predicted molar refractivity (Wildman–Crippen MR) is 125 cm³/mol. The number of benzene rings is 2. The largest absolute Gasteiger partial charge is 0.375 e. The van der Waals surface area contributed by atoms with Crippen molar-refractivity contribution < 1.29 is 19.1 Å². The molecule has 0 unspecified atom stereocenters. The number of hydrogen-bond acceptors (Lipinski definition) is 4. The number of aryl methyl sites for hydroxylation is 2. The maximum Gasteiger partial charge on any atom is 0.313 e. The van der Waals surface area contributed by atoms with E-state index in [0.717, 1.165) is 35.2 Å². The average molecular weight is 438 g/mol. The van der Waals surface area contributed by atoms with Gasteiger partial charge in [0.05, 0.1) is 6.10 Å². The number of hydrogen-bond donors (Lipinski definition) is 2. The van der Waals surface area contributed by atoms with E-state index in [1.165, 1.54) is 0 Å². The van der Waals surface area contributed by atoms with Crippen molar-refractivity contribution >= 4 is 29.1 Å². The van der Waals surface area contributed by atoms with Gasteiger partial charge in [0.15, 0.2) is 0 Å². The van der Waals surface area contributed by atoms with E-state index < -0.39 is 11.8 Å². The number of carbonyl (C=O) groups excluding carboxylic acids is 3. The quantitative estimate of drug-likeness (QED) is 0.679. The maximum atomic E-state index is 12.6. The molecule has 0 saturated carbocycles. The Bertz CT molecular complexity index is 1000. The van der Waals surface area contributed by atoms with Crippen molar-refractivity contribution in [2.24, 2.45) is 5.92 Å². The van der Waals surface area contributed by atoms with Gasteiger partial charge in [0.1, 0.15) is 0 Å². The molecule has 170 valence electrons. The molecule has 0 aliphatic carbocycles. The van der Waals surface area contributed by atoms with Crippen LogP contribution in [0.25, 0.3) is 0 Å². The molecule has 0 aromatic heterocycles. The summed E-state index contributed by atoms with van der Waals surface area (Å²) in [5.74, 6) is -1.57. The van der Waals surface area contributed by atoms with E-state index in [2.05, 4.69) is 10.6 Å². The second-order valence-electron chi connectivity index (χ2n) is 8.34. The molecule has 2 aromatic carbocycles. The molecular formula is C25H31N3O4. The lowest BCUT2D eigenvalue weighted by molar-refractivity contribution is -0.136. The molecule has 1 heterocycles. The standard InChI is InChI=1S/C25H31N3O4/c1-16(2)25(31)28-13-7-9-18-11-12-19(14-21(18)28)27-24(30)23(29)26-15-22(32-4)20-10-6-5-8-17(20)3/h5-6,8,10-12,14,16,22H,7,9,13,15H2,1-4H3,(H,26,29)(H,27,30)/t22-/m1/s1. The summed E-state index contributed by atoms with van der Waals surface area (Å²) in [6.45, 7) is 6.54. The number of nitrogens with zero attached hydrogens (tertiary/aromatic N) is 1. The first-order valence-corrected chi connectivity index (χ1v) is 10.9. The molecule has 1 atom stereocenters. The van der Waals surface area contributed by atoms with Crippen LogP contribution in [0, 0.1) is 12.8 Å². The summed E-state index contributed by atoms with van der Waals surface area (Å²) in [5, 5.41) is 5.29. The van der Waals surface area contributed by atoms with Crippen LogP contribution in [0.15, 0.2) is 42.5 Å². The molecule has 7 nitrogen and oxygen atoms in total. The van der Waals surface area contributed by atoms with E-state index in [0.29, 0.717) is 12.2 Å². The van der Waals surface area contributed by atoms with Gasteiger partial charge in [0.25, 0.3) is 0 Å². The van der Waals surface area contributed by atoms with Gasteiger partial charge in [-0.25, -0.2) is 0 Å². The van der Waals surface area contributed by atoms with Crippen LogP contribution in [0.1, 0.15) is 43.1 Å². The fraction of sp³-hybridized carbons (Fsp3) is 0.400. The van der Waals surface area contributed by atoms with Crippen LogP contribution in [-0.2, 0) is 25.5 Å². The Balaban J connectivity index is 1.65. The molecule has 32 heavy (non-hydrogen) atoms. The summed E-state index contributed by atoms with van der Waals surface area (Å²) in [5.41, 5.74) is 4.35. The van der Waals surface area contributed by atoms with Crippen LogP contribution in [0.2, 0.25) is 0 Å². The molecule has 0 bridgehead atoms. The summed E-state index contributed by atoms with van der Waals surface area (Å²) in [4.78, 5) is 39.2. The Morgan fingerprint density at radius 1 is 1.09 bits per heavy atom. The van der Waals surface area contributed by atoms with Crippen LogP contribution >= 0.6 is 0 Å². The van der Waals surface area contributed by atoms with Gasteiger partial charge in [0.2, 0.25) is 5.91 Å². The van der Waals surface area contributed by atoms with Crippen LogP contribution in [0.4, 0.5) is 11.4 Å². The molecule has 3 amide bonds. The van der Waals surface area contributed by atoms with Crippen molar-refractivity contribution in [3.8, 4) is 0 Å². The number of nitrogens with one attached hydrogen (secondary N) is 2. The summed E-state index contributed by atoms with van der Waals surface area (Å²) in [6.07, 6.45) is 1.43. The number of ether oxygens (including phenoxy) is 1. The van der Waals surface area contributed by atoms with E-state index in [1.54, 1.807) is 24.1 Å². The van der Waals surface area contributed by atoms with E-state index in [-0.39, 0.29) is 24.5 Å². The van der Waals surface area contributed by atoms with Gasteiger partial charge in [-0.05, 0) is 48.6 Å². The zero-order chi connectivity index (χ0) is 23.3. The lowest BCUT2D eigenvalue weighted by Gasteiger charge is -2.31. The first-order valence-electron chi connectivity index (χ1n) is 10.9. The van der Waals surface area contributed by atoms with Crippen LogP contribution in [0.5, 0.6) is 0 Å². The highest BCUT2D eigenvalue weighted by atomic mass is 16.5. The molecule has 1 aliphatic rings. The van der Waals surface area contributed by atoms with E-state index in [1.807, 2.05) is 51.1 Å². The molecular weight excluding hydrogens is 406 g/mol. The highest BCUT2D eigenvalue weighted by Crippen LogP contribution is 2.31. The monoisotopic (exact) mass is 437 g/mol. The van der Waals surface area contributed by atoms with Crippen LogP contribution in [-0.4, -0.2) is 37.9 Å². The molecule has 3 rings (SSSR count). The predicted octanol–water partition coefficient (Wildman–Crippen LogP) is 3.37. The summed E-state index contributed by atoms with van der Waals surface area (Å²) in [7, 11) is 1.57. The molecule has 0 spiro atoms. The molecule has 0 saturated heterocycles. The number of fused-ring (bicyclic) bond motifs is 1. The zero-order valence-corrected chi connectivity index (χ0v) is 19.1. The first kappa shape index (κ1) is 23.5. The first-order chi connectivity index (χ1) is 15.3. The molecule has 2 aromatic rings. The van der Waals surface area contributed by atoms with Gasteiger partial charge >= 0.3 is 11.8 Å². The number of amides is 3. The van der Waals surface area contributed by atoms with E-state index in [4.69, 9.17) is 4.74 Å². The van der Waals surface area contributed by atoms with E-state index >= 15 is 0 Å². The van der Waals surface area contributed by atoms with Gasteiger partial charge in [-0.1, -0.05) is 44.2 Å². The lowest BCUT2D eigenvalue weighted by atomic mass is 9.99. The van der Waals surface area contributed by atoms with Gasteiger partial charge in [-0.3, -0.25) is 14.4 Å². The van der Waals surface area contributed by atoms with Gasteiger partial charge in [0, 0.05) is 37.5 Å².